The van der Waals surface area contributed by atoms with Crippen LogP contribution >= 0.6 is 0 Å². The largest absolute Gasteiger partial charge is 0.354 e. The Balaban J connectivity index is 0.000000298. The summed E-state index contributed by atoms with van der Waals surface area (Å²) >= 11 is 0. The highest BCUT2D eigenvalue weighted by Gasteiger charge is 2.49. The molecule has 3 aliphatic heterocycles. The predicted molar refractivity (Wildman–Crippen MR) is 170 cm³/mol. The standard InChI is InChI=1S/C26H28FN5.C6H9NO.C2H6/c1-16-11-20(12-17(2)29-16)26-18(3)21-13-23(27)22(14-24(21)30-26)19-5-6-25(28-15-19)32-9-7-31(4)8-10-32;8-4-6-1-5(2-6)3-7-6;1-2/h5-6,11-15,30H,7-10H2,1-4H3;4-5,7H,1-3H2;1-2H3. The van der Waals surface area contributed by atoms with Gasteiger partial charge in [-0.25, -0.2) is 9.37 Å². The SMILES string of the molecule is CC.Cc1cc(-c2[nH]c3cc(-c4ccc(N5CCN(C)CC5)nc4)c(F)cc3c2C)cc(C)n1.O=CC12CC(CN1)C2. The van der Waals surface area contributed by atoms with E-state index in [4.69, 9.17) is 0 Å². The molecule has 1 aliphatic carbocycles. The summed E-state index contributed by atoms with van der Waals surface area (Å²) in [5.74, 6) is 1.53. The van der Waals surface area contributed by atoms with Gasteiger partial charge in [-0.1, -0.05) is 13.8 Å². The molecule has 42 heavy (non-hydrogen) atoms. The van der Waals surface area contributed by atoms with Crippen molar-refractivity contribution >= 4 is 23.0 Å². The highest BCUT2D eigenvalue weighted by atomic mass is 19.1. The first-order chi connectivity index (χ1) is 20.2. The first-order valence-corrected chi connectivity index (χ1v) is 15.1. The van der Waals surface area contributed by atoms with Gasteiger partial charge in [-0.15, -0.1) is 0 Å². The molecule has 3 saturated heterocycles. The molecule has 4 aliphatic rings. The number of likely N-dealkylation sites (N-methyl/N-ethyl adjacent to an activating group) is 1. The molecule has 7 nitrogen and oxygen atoms in total. The maximum Gasteiger partial charge on any atom is 0.140 e. The van der Waals surface area contributed by atoms with Crippen LogP contribution in [0.15, 0.2) is 42.6 Å². The van der Waals surface area contributed by atoms with Gasteiger partial charge in [0.25, 0.3) is 0 Å². The van der Waals surface area contributed by atoms with Gasteiger partial charge in [0, 0.05) is 77.1 Å². The minimum atomic E-state index is -0.234. The van der Waals surface area contributed by atoms with Gasteiger partial charge in [0.1, 0.15) is 17.9 Å². The molecule has 1 saturated carbocycles. The van der Waals surface area contributed by atoms with Crippen molar-refractivity contribution in [3.63, 3.8) is 0 Å². The molecule has 3 aromatic heterocycles. The van der Waals surface area contributed by atoms with E-state index in [0.717, 1.165) is 108 Å². The van der Waals surface area contributed by atoms with Crippen molar-refractivity contribution in [1.82, 2.24) is 25.2 Å². The summed E-state index contributed by atoms with van der Waals surface area (Å²) in [5, 5.41) is 4.09. The molecule has 4 aromatic rings. The second-order valence-corrected chi connectivity index (χ2v) is 11.8. The van der Waals surface area contributed by atoms with Crippen molar-refractivity contribution in [3.8, 4) is 22.4 Å². The number of nitrogens with one attached hydrogen (secondary N) is 2. The summed E-state index contributed by atoms with van der Waals surface area (Å²) in [7, 11) is 2.14. The van der Waals surface area contributed by atoms with Crippen LogP contribution in [0.3, 0.4) is 0 Å². The number of benzene rings is 1. The van der Waals surface area contributed by atoms with Crippen molar-refractivity contribution in [2.24, 2.45) is 5.92 Å². The van der Waals surface area contributed by atoms with E-state index < -0.39 is 0 Å². The normalized spacial score (nSPS) is 21.2. The number of H-pyrrole nitrogens is 1. The number of aryl methyl sites for hydroxylation is 3. The highest BCUT2D eigenvalue weighted by molar-refractivity contribution is 5.93. The van der Waals surface area contributed by atoms with Gasteiger partial charge in [-0.2, -0.15) is 0 Å². The van der Waals surface area contributed by atoms with E-state index in [1.807, 2.05) is 52.8 Å². The topological polar surface area (TPSA) is 77.2 Å². The van der Waals surface area contributed by atoms with E-state index >= 15 is 4.39 Å². The lowest BCUT2D eigenvalue weighted by molar-refractivity contribution is -0.115. The van der Waals surface area contributed by atoms with Crippen molar-refractivity contribution in [3.05, 3.63) is 65.4 Å². The average molecular weight is 571 g/mol. The lowest BCUT2D eigenvalue weighted by atomic mass is 9.75. The van der Waals surface area contributed by atoms with Crippen LogP contribution in [0.5, 0.6) is 0 Å². The fraction of sp³-hybridized carbons (Fsp3) is 0.441. The zero-order valence-electron chi connectivity index (χ0n) is 25.7. The summed E-state index contributed by atoms with van der Waals surface area (Å²) in [4.78, 5) is 27.5. The Bertz CT molecular complexity index is 1520. The molecule has 222 valence electrons. The first kappa shape index (κ1) is 29.9. The van der Waals surface area contributed by atoms with Gasteiger partial charge in [-0.05, 0) is 95.1 Å². The molecule has 0 radical (unpaired) electrons. The number of fused-ring (bicyclic) bond motifs is 2. The number of rotatable bonds is 4. The first-order valence-electron chi connectivity index (χ1n) is 15.1. The lowest BCUT2D eigenvalue weighted by Crippen LogP contribution is -2.44. The van der Waals surface area contributed by atoms with Crippen molar-refractivity contribution in [1.29, 1.82) is 0 Å². The van der Waals surface area contributed by atoms with Gasteiger partial charge >= 0.3 is 0 Å². The molecule has 6 heterocycles. The average Bonchev–Trinajstić information content (AvgIpc) is 3.68. The predicted octanol–water partition coefficient (Wildman–Crippen LogP) is 6.07. The Kier molecular flexibility index (Phi) is 8.76. The fourth-order valence-electron chi connectivity index (χ4n) is 6.35. The lowest BCUT2D eigenvalue weighted by Gasteiger charge is -2.33. The monoisotopic (exact) mass is 570 g/mol. The van der Waals surface area contributed by atoms with Crippen LogP contribution < -0.4 is 10.2 Å². The molecule has 2 N–H and O–H groups in total. The van der Waals surface area contributed by atoms with E-state index in [1.54, 1.807) is 12.3 Å². The Labute approximate surface area is 248 Å². The molecule has 0 unspecified atom stereocenters. The number of nitrogens with zero attached hydrogens (tertiary/aromatic N) is 4. The number of halogens is 1. The maximum atomic E-state index is 15.2. The van der Waals surface area contributed by atoms with E-state index in [1.165, 1.54) is 0 Å². The number of anilines is 1. The molecule has 8 rings (SSSR count). The summed E-state index contributed by atoms with van der Waals surface area (Å²) in [6.45, 7) is 15.1. The molecule has 0 spiro atoms. The van der Waals surface area contributed by atoms with E-state index in [9.17, 15) is 4.79 Å². The number of aromatic nitrogens is 3. The Morgan fingerprint density at radius 2 is 1.67 bits per heavy atom. The van der Waals surface area contributed by atoms with Crippen molar-refractivity contribution in [2.45, 2.75) is 53.0 Å². The summed E-state index contributed by atoms with van der Waals surface area (Å²) < 4.78 is 15.2. The molecule has 0 atom stereocenters. The Morgan fingerprint density at radius 1 is 0.976 bits per heavy atom. The molecule has 0 amide bonds. The molecule has 1 aromatic carbocycles. The quantitative estimate of drug-likeness (QED) is 0.290. The number of hydrogen-bond donors (Lipinski definition) is 2. The number of piperazine rings is 1. The summed E-state index contributed by atoms with van der Waals surface area (Å²) in [6.07, 6.45) is 5.04. The minimum Gasteiger partial charge on any atom is -0.354 e. The van der Waals surface area contributed by atoms with Crippen LogP contribution in [0.2, 0.25) is 0 Å². The van der Waals surface area contributed by atoms with Crippen molar-refractivity contribution in [2.75, 3.05) is 44.7 Å². The number of carbonyl (C=O) groups excluding carboxylic acids is 1. The van der Waals surface area contributed by atoms with Crippen LogP contribution in [-0.2, 0) is 4.79 Å². The second kappa shape index (κ2) is 12.3. The van der Waals surface area contributed by atoms with E-state index in [0.29, 0.717) is 5.56 Å². The van der Waals surface area contributed by atoms with Gasteiger partial charge in [0.05, 0.1) is 5.54 Å². The third-order valence-corrected chi connectivity index (χ3v) is 8.68. The fourth-order valence-corrected chi connectivity index (χ4v) is 6.35. The third-order valence-electron chi connectivity index (χ3n) is 8.68. The molecule has 8 heteroatoms. The molecule has 2 bridgehead atoms. The van der Waals surface area contributed by atoms with Gasteiger partial charge in [-0.3, -0.25) is 4.98 Å². The third kappa shape index (κ3) is 5.96. The van der Waals surface area contributed by atoms with Crippen LogP contribution in [0, 0.1) is 32.5 Å². The Morgan fingerprint density at radius 3 is 2.21 bits per heavy atom. The highest BCUT2D eigenvalue weighted by Crippen LogP contribution is 2.41. The maximum absolute atomic E-state index is 15.2. The number of pyridine rings is 2. The molecular formula is C34H43FN6O. The molecular weight excluding hydrogens is 527 g/mol. The minimum absolute atomic E-state index is 0.0509. The second-order valence-electron chi connectivity index (χ2n) is 11.8. The van der Waals surface area contributed by atoms with Gasteiger partial charge in [0.15, 0.2) is 0 Å². The van der Waals surface area contributed by atoms with E-state index in [-0.39, 0.29) is 11.4 Å². The number of aldehydes is 1. The summed E-state index contributed by atoms with van der Waals surface area (Å²) in [5.41, 5.74) is 7.27. The van der Waals surface area contributed by atoms with Crippen molar-refractivity contribution < 1.29 is 9.18 Å². The smallest absolute Gasteiger partial charge is 0.140 e. The zero-order valence-corrected chi connectivity index (χ0v) is 25.7. The van der Waals surface area contributed by atoms with Crippen LogP contribution in [0.25, 0.3) is 33.3 Å². The summed E-state index contributed by atoms with van der Waals surface area (Å²) in [6, 6.07) is 11.6. The number of carbonyl (C=O) groups is 1. The molecule has 4 fully saturated rings. The Hall–Kier alpha value is -3.62. The van der Waals surface area contributed by atoms with E-state index in [2.05, 4.69) is 49.2 Å². The van der Waals surface area contributed by atoms with Crippen LogP contribution in [-0.4, -0.2) is 71.4 Å². The van der Waals surface area contributed by atoms with Crippen LogP contribution in [0.1, 0.15) is 43.6 Å². The number of aromatic amines is 1. The number of hydrogen-bond acceptors (Lipinski definition) is 6. The van der Waals surface area contributed by atoms with Crippen LogP contribution in [0.4, 0.5) is 10.2 Å². The van der Waals surface area contributed by atoms with Gasteiger partial charge in [0.2, 0.25) is 0 Å². The zero-order chi connectivity index (χ0) is 30.0. The van der Waals surface area contributed by atoms with Gasteiger partial charge < -0.3 is 24.9 Å².